The van der Waals surface area contributed by atoms with Gasteiger partial charge in [0, 0.05) is 19.8 Å². The normalized spacial score (nSPS) is 10.2. The highest BCUT2D eigenvalue weighted by atomic mass is 16.2. The third-order valence-electron chi connectivity index (χ3n) is 2.17. The molecule has 0 N–H and O–H groups in total. The van der Waals surface area contributed by atoms with Crippen LogP contribution in [0.3, 0.4) is 0 Å². The van der Waals surface area contributed by atoms with Crippen LogP contribution in [0.25, 0.3) is 0 Å². The SMILES string of the molecule is C=C(C)Cn1cc(C(C)=O)c(=O)n(C)c1=O. The van der Waals surface area contributed by atoms with E-state index in [1.807, 2.05) is 0 Å². The molecule has 5 nitrogen and oxygen atoms in total. The second-order valence-corrected chi connectivity index (χ2v) is 3.83. The lowest BCUT2D eigenvalue weighted by Gasteiger charge is -2.08. The van der Waals surface area contributed by atoms with Crippen LogP contribution < -0.4 is 11.2 Å². The van der Waals surface area contributed by atoms with Crippen LogP contribution in [0, 0.1) is 0 Å². The highest BCUT2D eigenvalue weighted by Crippen LogP contribution is 1.95. The van der Waals surface area contributed by atoms with E-state index >= 15 is 0 Å². The van der Waals surface area contributed by atoms with Crippen molar-refractivity contribution in [3.8, 4) is 0 Å². The van der Waals surface area contributed by atoms with Gasteiger partial charge < -0.3 is 0 Å². The maximum absolute atomic E-state index is 11.7. The average molecular weight is 222 g/mol. The van der Waals surface area contributed by atoms with Crippen molar-refractivity contribution < 1.29 is 4.79 Å². The smallest absolute Gasteiger partial charge is 0.296 e. The molecule has 86 valence electrons. The molecule has 0 aliphatic heterocycles. The lowest BCUT2D eigenvalue weighted by Crippen LogP contribution is -2.40. The first-order valence-electron chi connectivity index (χ1n) is 4.80. The van der Waals surface area contributed by atoms with Crippen molar-refractivity contribution in [2.45, 2.75) is 20.4 Å². The molecule has 0 spiro atoms. The second-order valence-electron chi connectivity index (χ2n) is 3.83. The van der Waals surface area contributed by atoms with E-state index in [2.05, 4.69) is 6.58 Å². The Morgan fingerprint density at radius 1 is 1.38 bits per heavy atom. The fourth-order valence-electron chi connectivity index (χ4n) is 1.37. The van der Waals surface area contributed by atoms with Crippen LogP contribution in [0.5, 0.6) is 0 Å². The molecule has 0 fully saturated rings. The standard InChI is InChI=1S/C11H14N2O3/c1-7(2)5-13-6-9(8(3)14)10(15)12(4)11(13)16/h6H,1,5H2,2-4H3. The highest BCUT2D eigenvalue weighted by Gasteiger charge is 2.11. The molecule has 1 rings (SSSR count). The van der Waals surface area contributed by atoms with E-state index in [1.165, 1.54) is 24.7 Å². The molecule has 0 saturated heterocycles. The highest BCUT2D eigenvalue weighted by molar-refractivity contribution is 5.93. The van der Waals surface area contributed by atoms with Crippen LogP contribution >= 0.6 is 0 Å². The quantitative estimate of drug-likeness (QED) is 0.546. The van der Waals surface area contributed by atoms with Gasteiger partial charge in [-0.05, 0) is 13.8 Å². The first-order chi connectivity index (χ1) is 7.34. The van der Waals surface area contributed by atoms with E-state index in [4.69, 9.17) is 0 Å². The molecule has 0 unspecified atom stereocenters. The molecule has 0 atom stereocenters. The van der Waals surface area contributed by atoms with E-state index in [1.54, 1.807) is 6.92 Å². The maximum Gasteiger partial charge on any atom is 0.331 e. The predicted molar refractivity (Wildman–Crippen MR) is 60.8 cm³/mol. The minimum Gasteiger partial charge on any atom is -0.296 e. The zero-order chi connectivity index (χ0) is 12.5. The van der Waals surface area contributed by atoms with Crippen LogP contribution in [0.15, 0.2) is 27.9 Å². The largest absolute Gasteiger partial charge is 0.331 e. The first-order valence-corrected chi connectivity index (χ1v) is 4.80. The van der Waals surface area contributed by atoms with E-state index in [-0.39, 0.29) is 11.3 Å². The summed E-state index contributed by atoms with van der Waals surface area (Å²) in [5, 5.41) is 0. The summed E-state index contributed by atoms with van der Waals surface area (Å²) in [6, 6.07) is 0. The zero-order valence-electron chi connectivity index (χ0n) is 9.61. The molecule has 0 aromatic carbocycles. The van der Waals surface area contributed by atoms with Gasteiger partial charge in [-0.25, -0.2) is 4.79 Å². The van der Waals surface area contributed by atoms with Gasteiger partial charge in [0.05, 0.1) is 5.56 Å². The van der Waals surface area contributed by atoms with Gasteiger partial charge in [-0.1, -0.05) is 12.2 Å². The minimum absolute atomic E-state index is 0.0170. The number of allylic oxidation sites excluding steroid dienone is 1. The van der Waals surface area contributed by atoms with Crippen LogP contribution in [-0.4, -0.2) is 14.9 Å². The Hall–Kier alpha value is -1.91. The van der Waals surface area contributed by atoms with Crippen LogP contribution in [0.2, 0.25) is 0 Å². The number of hydrogen-bond acceptors (Lipinski definition) is 3. The number of aromatic nitrogens is 2. The van der Waals surface area contributed by atoms with Gasteiger partial charge in [-0.15, -0.1) is 0 Å². The summed E-state index contributed by atoms with van der Waals surface area (Å²) < 4.78 is 2.24. The lowest BCUT2D eigenvalue weighted by molar-refractivity contribution is 0.101. The minimum atomic E-state index is -0.560. The van der Waals surface area contributed by atoms with Gasteiger partial charge in [0.15, 0.2) is 5.78 Å². The Morgan fingerprint density at radius 3 is 2.38 bits per heavy atom. The lowest BCUT2D eigenvalue weighted by atomic mass is 10.2. The Bertz CT molecular complexity index is 564. The third kappa shape index (κ3) is 2.18. The molecule has 0 aliphatic rings. The van der Waals surface area contributed by atoms with Crippen molar-refractivity contribution in [2.75, 3.05) is 0 Å². The number of carbonyl (C=O) groups excluding carboxylic acids is 1. The molecule has 1 aromatic heterocycles. The molecule has 0 amide bonds. The zero-order valence-corrected chi connectivity index (χ0v) is 9.61. The van der Waals surface area contributed by atoms with Crippen molar-refractivity contribution in [1.29, 1.82) is 0 Å². The average Bonchev–Trinajstić information content (AvgIpc) is 2.18. The Labute approximate surface area is 92.6 Å². The van der Waals surface area contributed by atoms with Crippen molar-refractivity contribution in [3.05, 3.63) is 44.8 Å². The summed E-state index contributed by atoms with van der Waals surface area (Å²) in [4.78, 5) is 34.5. The van der Waals surface area contributed by atoms with Crippen molar-refractivity contribution in [3.63, 3.8) is 0 Å². The molecule has 0 bridgehead atoms. The molecule has 1 aromatic rings. The number of Topliss-reactive ketones (excluding diaryl/α,β-unsaturated/α-hetero) is 1. The van der Waals surface area contributed by atoms with Crippen molar-refractivity contribution >= 4 is 5.78 Å². The topological polar surface area (TPSA) is 61.1 Å². The van der Waals surface area contributed by atoms with Crippen molar-refractivity contribution in [1.82, 2.24) is 9.13 Å². The molecule has 5 heteroatoms. The van der Waals surface area contributed by atoms with E-state index in [0.29, 0.717) is 6.54 Å². The van der Waals surface area contributed by atoms with E-state index < -0.39 is 11.2 Å². The fraction of sp³-hybridized carbons (Fsp3) is 0.364. The maximum atomic E-state index is 11.7. The fourth-order valence-corrected chi connectivity index (χ4v) is 1.37. The van der Waals surface area contributed by atoms with Gasteiger partial charge >= 0.3 is 5.69 Å². The Balaban J connectivity index is 3.54. The van der Waals surface area contributed by atoms with Crippen LogP contribution in [0.1, 0.15) is 24.2 Å². The summed E-state index contributed by atoms with van der Waals surface area (Å²) in [6.45, 7) is 7.05. The van der Waals surface area contributed by atoms with E-state index in [0.717, 1.165) is 10.1 Å². The van der Waals surface area contributed by atoms with Crippen LogP contribution in [-0.2, 0) is 13.6 Å². The summed E-state index contributed by atoms with van der Waals surface area (Å²) >= 11 is 0. The third-order valence-corrected chi connectivity index (χ3v) is 2.17. The number of rotatable bonds is 3. The van der Waals surface area contributed by atoms with E-state index in [9.17, 15) is 14.4 Å². The molecular weight excluding hydrogens is 208 g/mol. The molecular formula is C11H14N2O3. The Morgan fingerprint density at radius 2 is 1.94 bits per heavy atom. The molecule has 0 aliphatic carbocycles. The number of hydrogen-bond donors (Lipinski definition) is 0. The van der Waals surface area contributed by atoms with Gasteiger partial charge in [0.25, 0.3) is 5.56 Å². The number of nitrogens with zero attached hydrogens (tertiary/aromatic N) is 2. The number of carbonyl (C=O) groups is 1. The summed E-state index contributed by atoms with van der Waals surface area (Å²) in [5.41, 5.74) is -0.216. The van der Waals surface area contributed by atoms with Crippen molar-refractivity contribution in [2.24, 2.45) is 7.05 Å². The number of ketones is 1. The van der Waals surface area contributed by atoms with Crippen LogP contribution in [0.4, 0.5) is 0 Å². The monoisotopic (exact) mass is 222 g/mol. The molecule has 0 saturated carbocycles. The summed E-state index contributed by atoms with van der Waals surface area (Å²) in [7, 11) is 1.35. The second kappa shape index (κ2) is 4.30. The molecule has 16 heavy (non-hydrogen) atoms. The predicted octanol–water partition coefficient (Wildman–Crippen LogP) is 0.326. The van der Waals surface area contributed by atoms with Gasteiger partial charge in [-0.3, -0.25) is 18.7 Å². The van der Waals surface area contributed by atoms with Gasteiger partial charge in [0.2, 0.25) is 0 Å². The van der Waals surface area contributed by atoms with Gasteiger partial charge in [-0.2, -0.15) is 0 Å². The first kappa shape index (κ1) is 12.2. The summed E-state index contributed by atoms with van der Waals surface area (Å²) in [6.07, 6.45) is 1.29. The summed E-state index contributed by atoms with van der Waals surface area (Å²) in [5.74, 6) is -0.351. The van der Waals surface area contributed by atoms with Gasteiger partial charge in [0.1, 0.15) is 0 Å². The molecule has 0 radical (unpaired) electrons. The Kier molecular flexibility index (Phi) is 3.27. The molecule has 1 heterocycles.